The van der Waals surface area contributed by atoms with Crippen LogP contribution in [0.1, 0.15) is 0 Å². The van der Waals surface area contributed by atoms with E-state index in [0.29, 0.717) is 0 Å². The molecule has 1 nitrogen and oxygen atoms in total. The minimum absolute atomic E-state index is 0. The van der Waals surface area contributed by atoms with Gasteiger partial charge in [0.2, 0.25) is 0 Å². The Bertz CT molecular complexity index is 8.49. The molecular weight excluding hydrogens is 162 g/mol. The lowest BCUT2D eigenvalue weighted by molar-refractivity contribution is 0.824. The van der Waals surface area contributed by atoms with Crippen molar-refractivity contribution in [3.63, 3.8) is 0 Å². The molecule has 0 aromatic carbocycles. The second-order valence-electron chi connectivity index (χ2n) is 0. The lowest BCUT2D eigenvalue weighted by Crippen LogP contribution is -0.289. The molecule has 0 fully saturated rings. The van der Waals surface area contributed by atoms with Gasteiger partial charge in [0.25, 0.3) is 0 Å². The fraction of sp³-hybridized carbons (Fsp3) is 0. The van der Waals surface area contributed by atoms with Crippen LogP contribution in [0.25, 0.3) is 0 Å². The van der Waals surface area contributed by atoms with Crippen molar-refractivity contribution < 1.29 is 33.7 Å². The average molecular weight is 172 g/mol. The average Bonchev–Trinajstić information content (AvgIpc) is 0. The van der Waals surface area contributed by atoms with Crippen molar-refractivity contribution in [3.8, 4) is 0 Å². The summed E-state index contributed by atoms with van der Waals surface area (Å²) >= 11 is 0. The summed E-state index contributed by atoms with van der Waals surface area (Å²) in [5, 5.41) is 0. The third kappa shape index (κ3) is 11600. The van der Waals surface area contributed by atoms with Gasteiger partial charge in [-0.1, -0.05) is 0 Å². The van der Waals surface area contributed by atoms with Gasteiger partial charge >= 0.3 is 0 Å². The molecule has 0 saturated heterocycles. The fourth-order valence-electron chi connectivity index (χ4n) is 0. The molecule has 8 heavy (non-hydrogen) atoms. The minimum atomic E-state index is 0. The maximum Gasteiger partial charge on any atom is -0.197 e. The zero-order chi connectivity index (χ0) is 0. The second kappa shape index (κ2) is 19800. The summed E-state index contributed by atoms with van der Waals surface area (Å²) < 4.78 is 0. The smallest absolute Gasteiger partial charge is 0.197 e. The zero-order valence-electron chi connectivity index (χ0n) is 3.45. The van der Waals surface area contributed by atoms with E-state index in [1.807, 2.05) is 0 Å². The Labute approximate surface area is 48.4 Å². The molecule has 0 unspecified atom stereocenters. The van der Waals surface area contributed by atoms with Crippen LogP contribution >= 0.6 is 13.5 Å². The van der Waals surface area contributed by atoms with E-state index in [-0.39, 0.29) is 47.2 Å². The fourth-order valence-corrected chi connectivity index (χ4v) is 0. The van der Waals surface area contributed by atoms with Gasteiger partial charge in [0.05, 0.1) is 0 Å². The number of rotatable bonds is 0. The molecule has 0 rings (SSSR count). The number of hydrogen-bond donors (Lipinski definition) is 0. The SMILES string of the molecule is F.F.F.F.F.F.O.S. The van der Waals surface area contributed by atoms with Gasteiger partial charge in [-0.15, -0.1) is 0 Å². The molecule has 0 aromatic rings. The van der Waals surface area contributed by atoms with E-state index in [2.05, 4.69) is 0 Å². The van der Waals surface area contributed by atoms with Gasteiger partial charge in [-0.3, -0.25) is 28.2 Å². The molecule has 64 valence electrons. The molecule has 2 N–H and O–H groups in total. The molecule has 8 heteroatoms. The van der Waals surface area contributed by atoms with Crippen molar-refractivity contribution in [1.82, 2.24) is 0 Å². The molecule has 0 aliphatic carbocycles. The van der Waals surface area contributed by atoms with E-state index in [1.54, 1.807) is 0 Å². The molecule has 0 heterocycles. The maximum absolute atomic E-state index is 0. The summed E-state index contributed by atoms with van der Waals surface area (Å²) in [6, 6.07) is 0. The van der Waals surface area contributed by atoms with E-state index in [4.69, 9.17) is 0 Å². The minimum Gasteiger partial charge on any atom is -0.412 e. The van der Waals surface area contributed by atoms with Gasteiger partial charge < -0.3 is 5.48 Å². The highest BCUT2D eigenvalue weighted by atomic mass is 32.1. The van der Waals surface area contributed by atoms with Gasteiger partial charge in [-0.25, -0.2) is 0 Å². The van der Waals surface area contributed by atoms with Crippen LogP contribution in [-0.4, -0.2) is 5.48 Å². The topological polar surface area (TPSA) is 31.5 Å². The molecule has 0 amide bonds. The highest BCUT2D eigenvalue weighted by molar-refractivity contribution is 7.59. The van der Waals surface area contributed by atoms with E-state index in [0.717, 1.165) is 0 Å². The highest BCUT2D eigenvalue weighted by Gasteiger charge is -0.197. The van der Waals surface area contributed by atoms with Crippen molar-refractivity contribution >= 4 is 13.5 Å². The van der Waals surface area contributed by atoms with Crippen LogP contribution in [0.2, 0.25) is 0 Å². The zero-order valence-corrected chi connectivity index (χ0v) is 4.45. The Balaban J connectivity index is 0. The van der Waals surface area contributed by atoms with Crippen LogP contribution in [0.15, 0.2) is 0 Å². The van der Waals surface area contributed by atoms with Crippen molar-refractivity contribution in [2.75, 3.05) is 0 Å². The summed E-state index contributed by atoms with van der Waals surface area (Å²) in [4.78, 5) is 0. The van der Waals surface area contributed by atoms with Gasteiger partial charge in [-0.05, 0) is 0 Å². The summed E-state index contributed by atoms with van der Waals surface area (Å²) in [6.45, 7) is 0. The van der Waals surface area contributed by atoms with Crippen molar-refractivity contribution in [1.29, 1.82) is 0 Å². The first-order valence-electron chi connectivity index (χ1n) is 0. The second-order valence-corrected chi connectivity index (χ2v) is 0. The summed E-state index contributed by atoms with van der Waals surface area (Å²) in [6.07, 6.45) is 0. The number of halogens is 6. The Kier molecular flexibility index (Phi) is 76400000. The quantitative estimate of drug-likeness (QED) is 0.467. The van der Waals surface area contributed by atoms with E-state index in [1.165, 1.54) is 0 Å². The first kappa shape index (κ1) is 31000. The van der Waals surface area contributed by atoms with Crippen LogP contribution in [-0.2, 0) is 0 Å². The van der Waals surface area contributed by atoms with Crippen molar-refractivity contribution in [3.05, 3.63) is 0 Å². The van der Waals surface area contributed by atoms with Crippen LogP contribution in [0.3, 0.4) is 0 Å². The molecule has 0 aliphatic rings. The predicted molar refractivity (Wildman–Crippen MR) is 29.0 cm³/mol. The van der Waals surface area contributed by atoms with Crippen LogP contribution < -0.4 is 0 Å². The monoisotopic (exact) mass is 172 g/mol. The first-order valence-corrected chi connectivity index (χ1v) is 0. The summed E-state index contributed by atoms with van der Waals surface area (Å²) in [5.74, 6) is 0. The lowest BCUT2D eigenvalue weighted by atomic mass is 16.0. The Morgan fingerprint density at radius 3 is 0.375 bits per heavy atom. The highest BCUT2D eigenvalue weighted by Crippen LogP contribution is 0.648. The van der Waals surface area contributed by atoms with E-state index >= 15 is 0 Å². The number of hydrogen-bond acceptors (Lipinski definition) is 0. The molecule has 0 aliphatic heterocycles. The van der Waals surface area contributed by atoms with E-state index in [9.17, 15) is 0 Å². The van der Waals surface area contributed by atoms with E-state index < -0.39 is 0 Å². The Hall–Kier alpha value is -0.110. The molecule has 0 atom stereocenters. The Morgan fingerprint density at radius 1 is 0.375 bits per heavy atom. The van der Waals surface area contributed by atoms with Gasteiger partial charge in [0.15, 0.2) is 0 Å². The van der Waals surface area contributed by atoms with Crippen LogP contribution in [0.5, 0.6) is 0 Å². The first-order chi connectivity index (χ1) is 0. The third-order valence-electron chi connectivity index (χ3n) is 0. The van der Waals surface area contributed by atoms with Crippen molar-refractivity contribution in [2.24, 2.45) is 0 Å². The normalized spacial score (nSPS) is 0. The van der Waals surface area contributed by atoms with Crippen LogP contribution in [0, 0.1) is 0 Å². The molecular formula is H10F6OS. The molecule has 0 saturated carbocycles. The third-order valence-corrected chi connectivity index (χ3v) is 0. The van der Waals surface area contributed by atoms with Crippen LogP contribution in [0.4, 0.5) is 28.2 Å². The predicted octanol–water partition coefficient (Wildman–Crippen LogP) is 0.203. The van der Waals surface area contributed by atoms with Gasteiger partial charge in [-0.2, -0.15) is 13.5 Å². The standard InChI is InChI=1S/6FH.H2O.H2S/h6*1H;2*1H2. The van der Waals surface area contributed by atoms with Crippen molar-refractivity contribution in [2.45, 2.75) is 0 Å². The summed E-state index contributed by atoms with van der Waals surface area (Å²) in [5.41, 5.74) is 0. The largest absolute Gasteiger partial charge is 0.412 e. The molecule has 0 radical (unpaired) electrons. The molecule has 0 bridgehead atoms. The Morgan fingerprint density at radius 2 is 0.375 bits per heavy atom. The van der Waals surface area contributed by atoms with Gasteiger partial charge in [0.1, 0.15) is 0 Å². The maximum atomic E-state index is 0. The lowest BCUT2D eigenvalue weighted by Gasteiger charge is -0.412. The van der Waals surface area contributed by atoms with Gasteiger partial charge in [0, 0.05) is 0 Å². The molecule has 0 aromatic heterocycles. The molecule has 0 spiro atoms. The summed E-state index contributed by atoms with van der Waals surface area (Å²) in [7, 11) is 0.